The lowest BCUT2D eigenvalue weighted by Gasteiger charge is -2.35. The first-order chi connectivity index (χ1) is 13.8. The fraction of sp³-hybridized carbons (Fsp3) is 0.520. The number of benzene rings is 2. The minimum Gasteiger partial charge on any atom is -0.489 e. The van der Waals surface area contributed by atoms with Gasteiger partial charge in [-0.1, -0.05) is 62.9 Å². The first kappa shape index (κ1) is 20.7. The van der Waals surface area contributed by atoms with Crippen LogP contribution in [0.3, 0.4) is 0 Å². The van der Waals surface area contributed by atoms with E-state index in [1.807, 2.05) is 42.5 Å². The number of ether oxygens (including phenoxy) is 2. The van der Waals surface area contributed by atoms with Crippen molar-refractivity contribution in [1.82, 2.24) is 4.90 Å². The van der Waals surface area contributed by atoms with Crippen LogP contribution >= 0.6 is 0 Å². The molecule has 3 heteroatoms. The molecular weight excluding hydrogens is 346 g/mol. The Hall–Kier alpha value is -2.00. The summed E-state index contributed by atoms with van der Waals surface area (Å²) in [5.41, 5.74) is 1.18. The zero-order chi connectivity index (χ0) is 19.4. The van der Waals surface area contributed by atoms with Gasteiger partial charge in [-0.2, -0.15) is 0 Å². The smallest absolute Gasteiger partial charge is 0.152 e. The molecule has 0 amide bonds. The maximum Gasteiger partial charge on any atom is 0.152 e. The zero-order valence-corrected chi connectivity index (χ0v) is 17.3. The summed E-state index contributed by atoms with van der Waals surface area (Å²) in [5, 5.41) is 0. The molecule has 0 saturated carbocycles. The topological polar surface area (TPSA) is 21.7 Å². The second-order valence-electron chi connectivity index (χ2n) is 7.76. The lowest BCUT2D eigenvalue weighted by atomic mass is 10.1. The van der Waals surface area contributed by atoms with Gasteiger partial charge in [-0.05, 0) is 55.5 Å². The normalized spacial score (nSPS) is 17.4. The van der Waals surface area contributed by atoms with Gasteiger partial charge in [0.1, 0.15) is 18.1 Å². The molecule has 0 aliphatic carbocycles. The molecule has 28 heavy (non-hydrogen) atoms. The molecule has 0 bridgehead atoms. The van der Waals surface area contributed by atoms with E-state index < -0.39 is 0 Å². The summed E-state index contributed by atoms with van der Waals surface area (Å²) >= 11 is 0. The summed E-state index contributed by atoms with van der Waals surface area (Å²) in [6.45, 7) is 5.19. The predicted molar refractivity (Wildman–Crippen MR) is 116 cm³/mol. The van der Waals surface area contributed by atoms with E-state index in [0.29, 0.717) is 6.61 Å². The first-order valence-electron chi connectivity index (χ1n) is 11.0. The van der Waals surface area contributed by atoms with Gasteiger partial charge in [0.2, 0.25) is 0 Å². The lowest BCUT2D eigenvalue weighted by Crippen LogP contribution is -2.43. The van der Waals surface area contributed by atoms with Crippen LogP contribution in [0.25, 0.3) is 0 Å². The number of likely N-dealkylation sites (tertiary alicyclic amines) is 1. The molecule has 2 aromatic rings. The van der Waals surface area contributed by atoms with Gasteiger partial charge in [-0.3, -0.25) is 4.90 Å². The third kappa shape index (κ3) is 6.87. The summed E-state index contributed by atoms with van der Waals surface area (Å²) in [6, 6.07) is 18.4. The van der Waals surface area contributed by atoms with E-state index >= 15 is 0 Å². The third-order valence-electron chi connectivity index (χ3n) is 5.45. The van der Waals surface area contributed by atoms with Gasteiger partial charge in [0, 0.05) is 13.1 Å². The van der Waals surface area contributed by atoms with Crippen molar-refractivity contribution >= 4 is 0 Å². The van der Waals surface area contributed by atoms with Gasteiger partial charge in [-0.25, -0.2) is 0 Å². The molecule has 1 fully saturated rings. The number of piperidine rings is 1. The Balaban J connectivity index is 1.46. The minimum absolute atomic E-state index is 0.219. The number of hydrogen-bond donors (Lipinski definition) is 0. The van der Waals surface area contributed by atoms with Crippen LogP contribution in [-0.4, -0.2) is 24.2 Å². The minimum atomic E-state index is 0.219. The van der Waals surface area contributed by atoms with Crippen molar-refractivity contribution in [1.29, 1.82) is 0 Å². The molecule has 3 nitrogen and oxygen atoms in total. The number of rotatable bonds is 11. The van der Waals surface area contributed by atoms with Crippen LogP contribution in [0, 0.1) is 0 Å². The average Bonchev–Trinajstić information content (AvgIpc) is 2.75. The molecule has 0 radical (unpaired) electrons. The number of nitrogens with zero attached hydrogens (tertiary/aromatic N) is 1. The van der Waals surface area contributed by atoms with E-state index in [9.17, 15) is 0 Å². The Morgan fingerprint density at radius 1 is 0.857 bits per heavy atom. The number of unbranched alkanes of at least 4 members (excludes halogenated alkanes) is 4. The Labute approximate surface area is 170 Å². The third-order valence-corrected chi connectivity index (χ3v) is 5.45. The van der Waals surface area contributed by atoms with Crippen LogP contribution in [0.4, 0.5) is 0 Å². The Kier molecular flexibility index (Phi) is 8.70. The monoisotopic (exact) mass is 381 g/mol. The van der Waals surface area contributed by atoms with Crippen molar-refractivity contribution in [2.45, 2.75) is 71.1 Å². The maximum absolute atomic E-state index is 6.33. The fourth-order valence-corrected chi connectivity index (χ4v) is 3.78. The lowest BCUT2D eigenvalue weighted by molar-refractivity contribution is -0.00477. The summed E-state index contributed by atoms with van der Waals surface area (Å²) in [6.07, 6.45) is 10.5. The van der Waals surface area contributed by atoms with Crippen LogP contribution in [0.2, 0.25) is 0 Å². The molecule has 1 aliphatic rings. The predicted octanol–water partition coefficient (Wildman–Crippen LogP) is 6.43. The van der Waals surface area contributed by atoms with E-state index in [2.05, 4.69) is 24.0 Å². The van der Waals surface area contributed by atoms with Crippen LogP contribution in [0.1, 0.15) is 63.9 Å². The van der Waals surface area contributed by atoms with Crippen molar-refractivity contribution in [2.75, 3.05) is 13.1 Å². The van der Waals surface area contributed by atoms with E-state index in [0.717, 1.165) is 31.0 Å². The summed E-state index contributed by atoms with van der Waals surface area (Å²) in [4.78, 5) is 2.54. The van der Waals surface area contributed by atoms with E-state index in [1.165, 1.54) is 50.5 Å². The molecule has 3 rings (SSSR count). The quantitative estimate of drug-likeness (QED) is 0.419. The van der Waals surface area contributed by atoms with Crippen LogP contribution in [0.15, 0.2) is 54.6 Å². The standard InChI is InChI=1S/C25H35NO2/c1-2-3-4-5-10-19-26-20-11-9-14-25(26)28-24-17-15-23(16-18-24)27-21-22-12-7-6-8-13-22/h6-8,12-13,15-18,25H,2-5,9-11,14,19-21H2,1H3. The van der Waals surface area contributed by atoms with Crippen molar-refractivity contribution in [2.24, 2.45) is 0 Å². The van der Waals surface area contributed by atoms with Gasteiger partial charge in [0.25, 0.3) is 0 Å². The molecule has 1 heterocycles. The van der Waals surface area contributed by atoms with E-state index in [-0.39, 0.29) is 6.23 Å². The second-order valence-corrected chi connectivity index (χ2v) is 7.76. The Morgan fingerprint density at radius 2 is 1.61 bits per heavy atom. The summed E-state index contributed by atoms with van der Waals surface area (Å²) in [5.74, 6) is 1.82. The molecule has 1 atom stereocenters. The largest absolute Gasteiger partial charge is 0.489 e. The highest BCUT2D eigenvalue weighted by molar-refractivity contribution is 5.31. The van der Waals surface area contributed by atoms with Crippen molar-refractivity contribution in [3.05, 3.63) is 60.2 Å². The highest BCUT2D eigenvalue weighted by Gasteiger charge is 2.23. The molecule has 0 spiro atoms. The maximum atomic E-state index is 6.33. The summed E-state index contributed by atoms with van der Waals surface area (Å²) in [7, 11) is 0. The fourth-order valence-electron chi connectivity index (χ4n) is 3.78. The van der Waals surface area contributed by atoms with Gasteiger partial charge < -0.3 is 9.47 Å². The molecule has 1 saturated heterocycles. The number of hydrogen-bond acceptors (Lipinski definition) is 3. The van der Waals surface area contributed by atoms with Crippen molar-refractivity contribution in [3.63, 3.8) is 0 Å². The van der Waals surface area contributed by atoms with Gasteiger partial charge >= 0.3 is 0 Å². The highest BCUT2D eigenvalue weighted by Crippen LogP contribution is 2.24. The summed E-state index contributed by atoms with van der Waals surface area (Å²) < 4.78 is 12.2. The van der Waals surface area contributed by atoms with Crippen LogP contribution in [-0.2, 0) is 6.61 Å². The molecule has 152 valence electrons. The van der Waals surface area contributed by atoms with Crippen LogP contribution in [0.5, 0.6) is 11.5 Å². The highest BCUT2D eigenvalue weighted by atomic mass is 16.5. The Bertz CT molecular complexity index is 656. The van der Waals surface area contributed by atoms with E-state index in [4.69, 9.17) is 9.47 Å². The molecule has 1 aliphatic heterocycles. The second kappa shape index (κ2) is 11.8. The van der Waals surface area contributed by atoms with Crippen molar-refractivity contribution in [3.8, 4) is 11.5 Å². The molecule has 1 unspecified atom stereocenters. The first-order valence-corrected chi connectivity index (χ1v) is 11.0. The van der Waals surface area contributed by atoms with Gasteiger partial charge in [-0.15, -0.1) is 0 Å². The van der Waals surface area contributed by atoms with Gasteiger partial charge in [0.05, 0.1) is 0 Å². The average molecular weight is 382 g/mol. The molecule has 0 aromatic heterocycles. The Morgan fingerprint density at radius 3 is 2.39 bits per heavy atom. The molecule has 2 aromatic carbocycles. The van der Waals surface area contributed by atoms with Gasteiger partial charge in [0.15, 0.2) is 6.23 Å². The SMILES string of the molecule is CCCCCCCN1CCCCC1Oc1ccc(OCc2ccccc2)cc1. The molecule has 0 N–H and O–H groups in total. The van der Waals surface area contributed by atoms with E-state index in [1.54, 1.807) is 0 Å². The van der Waals surface area contributed by atoms with Crippen molar-refractivity contribution < 1.29 is 9.47 Å². The zero-order valence-electron chi connectivity index (χ0n) is 17.3. The molecular formula is C25H35NO2. The van der Waals surface area contributed by atoms with Crippen LogP contribution < -0.4 is 9.47 Å².